The van der Waals surface area contributed by atoms with E-state index in [0.717, 1.165) is 27.6 Å². The van der Waals surface area contributed by atoms with E-state index in [9.17, 15) is 5.11 Å². The van der Waals surface area contributed by atoms with Crippen molar-refractivity contribution >= 4 is 29.2 Å². The molecule has 95 valence electrons. The summed E-state index contributed by atoms with van der Waals surface area (Å²) in [6.45, 7) is 5.76. The smallest absolute Gasteiger partial charge is 0.188 e. The van der Waals surface area contributed by atoms with Crippen LogP contribution in [0.4, 0.5) is 0 Å². The molecular formula is C16H17BNO. The quantitative estimate of drug-likeness (QED) is 0.621. The molecule has 0 aliphatic heterocycles. The predicted octanol–water partition coefficient (Wildman–Crippen LogP) is 2.59. The van der Waals surface area contributed by atoms with Crippen molar-refractivity contribution in [1.29, 1.82) is 0 Å². The summed E-state index contributed by atoms with van der Waals surface area (Å²) in [6.07, 6.45) is 7.74. The van der Waals surface area contributed by atoms with Crippen LogP contribution in [0, 0.1) is 0 Å². The Morgan fingerprint density at radius 2 is 2.21 bits per heavy atom. The van der Waals surface area contributed by atoms with Crippen LogP contribution < -0.4 is 5.46 Å². The largest absolute Gasteiger partial charge is 0.405 e. The Morgan fingerprint density at radius 3 is 2.89 bits per heavy atom. The van der Waals surface area contributed by atoms with Gasteiger partial charge in [-0.2, -0.15) is 0 Å². The Kier molecular flexibility index (Phi) is 4.42. The van der Waals surface area contributed by atoms with Crippen LogP contribution >= 0.6 is 0 Å². The SMILES string of the molecule is C=C/C=C(\C=C/C)c1[nH]c2ccccc2c1[B]CO. The first-order valence-electron chi connectivity index (χ1n) is 6.32. The summed E-state index contributed by atoms with van der Waals surface area (Å²) in [5, 5.41) is 10.4. The number of allylic oxidation sites excluding steroid dienone is 5. The molecule has 0 amide bonds. The lowest BCUT2D eigenvalue weighted by Crippen LogP contribution is -2.20. The number of nitrogens with one attached hydrogen (secondary N) is 1. The Hall–Kier alpha value is -2.00. The molecule has 2 nitrogen and oxygen atoms in total. The number of fused-ring (bicyclic) bond motifs is 1. The highest BCUT2D eigenvalue weighted by Gasteiger charge is 2.12. The van der Waals surface area contributed by atoms with Gasteiger partial charge >= 0.3 is 0 Å². The molecule has 1 radical (unpaired) electrons. The fourth-order valence-electron chi connectivity index (χ4n) is 2.22. The van der Waals surface area contributed by atoms with E-state index < -0.39 is 0 Å². The van der Waals surface area contributed by atoms with Gasteiger partial charge in [-0.15, -0.1) is 0 Å². The fraction of sp³-hybridized carbons (Fsp3) is 0.125. The van der Waals surface area contributed by atoms with Crippen molar-refractivity contribution in [3.8, 4) is 0 Å². The van der Waals surface area contributed by atoms with Gasteiger partial charge < -0.3 is 10.1 Å². The van der Waals surface area contributed by atoms with E-state index in [2.05, 4.69) is 17.6 Å². The molecule has 3 heteroatoms. The molecule has 0 aliphatic carbocycles. The van der Waals surface area contributed by atoms with Gasteiger partial charge in [-0.25, -0.2) is 0 Å². The molecule has 0 saturated carbocycles. The van der Waals surface area contributed by atoms with Crippen molar-refractivity contribution in [3.63, 3.8) is 0 Å². The zero-order chi connectivity index (χ0) is 13.7. The van der Waals surface area contributed by atoms with Crippen LogP contribution in [0.3, 0.4) is 0 Å². The number of aliphatic hydroxyl groups excluding tert-OH is 1. The molecule has 1 aromatic heterocycles. The van der Waals surface area contributed by atoms with Gasteiger partial charge in [0.2, 0.25) is 0 Å². The van der Waals surface area contributed by atoms with E-state index in [1.807, 2.05) is 50.6 Å². The first-order valence-corrected chi connectivity index (χ1v) is 6.32. The lowest BCUT2D eigenvalue weighted by Gasteiger charge is -2.03. The third-order valence-electron chi connectivity index (χ3n) is 2.97. The third-order valence-corrected chi connectivity index (χ3v) is 2.97. The van der Waals surface area contributed by atoms with Crippen LogP contribution in [0.25, 0.3) is 16.5 Å². The van der Waals surface area contributed by atoms with Crippen LogP contribution in [0.2, 0.25) is 0 Å². The minimum atomic E-state index is 0.0199. The standard InChI is InChI=1S/C16H17BNO/c1-3-7-12(8-4-2)16-15(17-11-19)13-9-5-6-10-14(13)18-16/h3-10,18-19H,1,11H2,2H3/b8-4-,12-7+. The number of aromatic nitrogens is 1. The Bertz CT molecular complexity index is 637. The zero-order valence-corrected chi connectivity index (χ0v) is 11.1. The second-order valence-corrected chi connectivity index (χ2v) is 4.20. The first-order chi connectivity index (χ1) is 9.31. The summed E-state index contributed by atoms with van der Waals surface area (Å²) >= 11 is 0. The molecule has 0 spiro atoms. The molecule has 0 aliphatic rings. The Morgan fingerprint density at radius 1 is 1.42 bits per heavy atom. The second-order valence-electron chi connectivity index (χ2n) is 4.20. The summed E-state index contributed by atoms with van der Waals surface area (Å²) in [6, 6.07) is 8.09. The van der Waals surface area contributed by atoms with E-state index in [-0.39, 0.29) is 6.51 Å². The first kappa shape index (κ1) is 13.4. The Balaban J connectivity index is 2.67. The topological polar surface area (TPSA) is 36.0 Å². The maximum atomic E-state index is 9.24. The van der Waals surface area contributed by atoms with E-state index in [1.165, 1.54) is 0 Å². The summed E-state index contributed by atoms with van der Waals surface area (Å²) in [7, 11) is 1.83. The van der Waals surface area contributed by atoms with Crippen LogP contribution in [0.15, 0.2) is 55.1 Å². The predicted molar refractivity (Wildman–Crippen MR) is 83.8 cm³/mol. The number of H-pyrrole nitrogens is 1. The normalized spacial score (nSPS) is 12.2. The lowest BCUT2D eigenvalue weighted by molar-refractivity contribution is 0.367. The highest BCUT2D eigenvalue weighted by Crippen LogP contribution is 2.19. The highest BCUT2D eigenvalue weighted by atomic mass is 16.2. The maximum Gasteiger partial charge on any atom is 0.188 e. The number of para-hydroxylation sites is 1. The van der Waals surface area contributed by atoms with Gasteiger partial charge in [-0.1, -0.05) is 54.5 Å². The molecule has 0 saturated heterocycles. The molecular weight excluding hydrogens is 233 g/mol. The molecule has 2 N–H and O–H groups in total. The molecule has 0 bridgehead atoms. The van der Waals surface area contributed by atoms with Crippen molar-refractivity contribution in [2.45, 2.75) is 6.92 Å². The molecule has 0 atom stereocenters. The Labute approximate surface area is 114 Å². The molecule has 1 aromatic carbocycles. The summed E-state index contributed by atoms with van der Waals surface area (Å²) in [5.74, 6) is 0. The summed E-state index contributed by atoms with van der Waals surface area (Å²) < 4.78 is 0. The van der Waals surface area contributed by atoms with Gasteiger partial charge in [0.05, 0.1) is 0 Å². The van der Waals surface area contributed by atoms with E-state index in [4.69, 9.17) is 0 Å². The molecule has 0 unspecified atom stereocenters. The van der Waals surface area contributed by atoms with E-state index in [0.29, 0.717) is 0 Å². The van der Waals surface area contributed by atoms with Gasteiger partial charge in [0.15, 0.2) is 7.28 Å². The van der Waals surface area contributed by atoms with E-state index in [1.54, 1.807) is 6.08 Å². The average molecular weight is 250 g/mol. The number of rotatable bonds is 5. The number of hydrogen-bond donors (Lipinski definition) is 2. The highest BCUT2D eigenvalue weighted by molar-refractivity contribution is 6.58. The van der Waals surface area contributed by atoms with Crippen molar-refractivity contribution in [3.05, 3.63) is 60.8 Å². The number of aromatic amines is 1. The van der Waals surface area contributed by atoms with Crippen LogP contribution in [0.5, 0.6) is 0 Å². The van der Waals surface area contributed by atoms with Gasteiger partial charge in [-0.3, -0.25) is 0 Å². The van der Waals surface area contributed by atoms with Gasteiger partial charge in [0.1, 0.15) is 0 Å². The van der Waals surface area contributed by atoms with Crippen molar-refractivity contribution in [1.82, 2.24) is 4.98 Å². The van der Waals surface area contributed by atoms with Crippen molar-refractivity contribution < 1.29 is 5.11 Å². The van der Waals surface area contributed by atoms with Crippen LogP contribution in [0.1, 0.15) is 12.6 Å². The average Bonchev–Trinajstić information content (AvgIpc) is 2.78. The van der Waals surface area contributed by atoms with Gasteiger partial charge in [0.25, 0.3) is 0 Å². The van der Waals surface area contributed by atoms with E-state index >= 15 is 0 Å². The minimum absolute atomic E-state index is 0.0199. The van der Waals surface area contributed by atoms with Crippen molar-refractivity contribution in [2.24, 2.45) is 0 Å². The lowest BCUT2D eigenvalue weighted by atomic mass is 9.69. The summed E-state index contributed by atoms with van der Waals surface area (Å²) in [4.78, 5) is 3.41. The minimum Gasteiger partial charge on any atom is -0.405 e. The number of aliphatic hydroxyl groups is 1. The molecule has 2 rings (SSSR count). The van der Waals surface area contributed by atoms with Gasteiger partial charge in [-0.05, 0) is 23.9 Å². The molecule has 1 heterocycles. The van der Waals surface area contributed by atoms with Crippen molar-refractivity contribution in [2.75, 3.05) is 6.51 Å². The maximum absolute atomic E-state index is 9.24. The molecule has 2 aromatic rings. The summed E-state index contributed by atoms with van der Waals surface area (Å²) in [5.41, 5.74) is 4.16. The number of hydrogen-bond acceptors (Lipinski definition) is 1. The monoisotopic (exact) mass is 250 g/mol. The fourth-order valence-corrected chi connectivity index (χ4v) is 2.22. The van der Waals surface area contributed by atoms with Crippen LogP contribution in [-0.2, 0) is 0 Å². The molecule has 0 fully saturated rings. The number of benzene rings is 1. The van der Waals surface area contributed by atoms with Crippen LogP contribution in [-0.4, -0.2) is 23.9 Å². The zero-order valence-electron chi connectivity index (χ0n) is 11.1. The molecule has 19 heavy (non-hydrogen) atoms. The second kappa shape index (κ2) is 6.25. The van der Waals surface area contributed by atoms with Gasteiger partial charge in [0, 0.05) is 17.7 Å². The third kappa shape index (κ3) is 2.71.